The lowest BCUT2D eigenvalue weighted by molar-refractivity contribution is -0.124. The molecule has 0 fully saturated rings. The van der Waals surface area contributed by atoms with Gasteiger partial charge in [-0.1, -0.05) is 30.3 Å². The molecule has 3 rings (SSSR count). The zero-order valence-corrected chi connectivity index (χ0v) is 15.3. The predicted molar refractivity (Wildman–Crippen MR) is 98.1 cm³/mol. The van der Waals surface area contributed by atoms with Crippen LogP contribution in [0.4, 0.5) is 0 Å². The Kier molecular flexibility index (Phi) is 4.71. The van der Waals surface area contributed by atoms with Gasteiger partial charge in [-0.25, -0.2) is 0 Å². The molecule has 0 spiro atoms. The molecular formula is C21H25NO3. The highest BCUT2D eigenvalue weighted by Gasteiger charge is 2.34. The van der Waals surface area contributed by atoms with Gasteiger partial charge in [0.15, 0.2) is 6.61 Å². The summed E-state index contributed by atoms with van der Waals surface area (Å²) in [7, 11) is 0. The van der Waals surface area contributed by atoms with Crippen molar-refractivity contribution in [3.63, 3.8) is 0 Å². The average molecular weight is 339 g/mol. The Balaban J connectivity index is 1.68. The van der Waals surface area contributed by atoms with E-state index in [4.69, 9.17) is 9.47 Å². The number of amides is 1. The number of benzene rings is 2. The zero-order chi connectivity index (χ0) is 18.0. The Morgan fingerprint density at radius 3 is 2.76 bits per heavy atom. The van der Waals surface area contributed by atoms with Crippen molar-refractivity contribution in [3.05, 3.63) is 59.2 Å². The maximum Gasteiger partial charge on any atom is 0.258 e. The first-order valence-electron chi connectivity index (χ1n) is 8.62. The summed E-state index contributed by atoms with van der Waals surface area (Å²) in [5.74, 6) is 1.46. The number of fused-ring (bicyclic) bond motifs is 1. The maximum absolute atomic E-state index is 12.4. The lowest BCUT2D eigenvalue weighted by Gasteiger charge is -2.37. The van der Waals surface area contributed by atoms with Gasteiger partial charge in [0.2, 0.25) is 0 Å². The fourth-order valence-electron chi connectivity index (χ4n) is 3.19. The second-order valence-corrected chi connectivity index (χ2v) is 7.21. The minimum Gasteiger partial charge on any atom is -0.487 e. The SMILES string of the molecule is Cc1cccc(OCC(=O)N[C@@H]2CC(C)(C)Oc3ccccc32)c1C. The van der Waals surface area contributed by atoms with Crippen LogP contribution in [0.25, 0.3) is 0 Å². The highest BCUT2D eigenvalue weighted by molar-refractivity contribution is 5.78. The number of hydrogen-bond acceptors (Lipinski definition) is 3. The largest absolute Gasteiger partial charge is 0.487 e. The Labute approximate surface area is 149 Å². The van der Waals surface area contributed by atoms with Crippen LogP contribution in [0.15, 0.2) is 42.5 Å². The third kappa shape index (κ3) is 3.95. The van der Waals surface area contributed by atoms with E-state index in [9.17, 15) is 4.79 Å². The fourth-order valence-corrected chi connectivity index (χ4v) is 3.19. The first-order chi connectivity index (χ1) is 11.9. The molecular weight excluding hydrogens is 314 g/mol. The van der Waals surface area contributed by atoms with Crippen molar-refractivity contribution in [2.24, 2.45) is 0 Å². The number of nitrogens with one attached hydrogen (secondary N) is 1. The molecule has 0 aromatic heterocycles. The number of aryl methyl sites for hydroxylation is 1. The van der Waals surface area contributed by atoms with E-state index in [-0.39, 0.29) is 24.2 Å². The number of para-hydroxylation sites is 1. The normalized spacial score (nSPS) is 18.0. The van der Waals surface area contributed by atoms with E-state index in [0.717, 1.165) is 34.6 Å². The molecule has 0 saturated heterocycles. The fraction of sp³-hybridized carbons (Fsp3) is 0.381. The van der Waals surface area contributed by atoms with Crippen molar-refractivity contribution < 1.29 is 14.3 Å². The van der Waals surface area contributed by atoms with Gasteiger partial charge in [0.25, 0.3) is 5.91 Å². The smallest absolute Gasteiger partial charge is 0.258 e. The van der Waals surface area contributed by atoms with Crippen LogP contribution in [0.1, 0.15) is 43.0 Å². The molecule has 1 amide bonds. The van der Waals surface area contributed by atoms with Crippen molar-refractivity contribution in [1.29, 1.82) is 0 Å². The molecule has 0 radical (unpaired) electrons. The Morgan fingerprint density at radius 2 is 1.96 bits per heavy atom. The summed E-state index contributed by atoms with van der Waals surface area (Å²) in [6.07, 6.45) is 0.721. The van der Waals surface area contributed by atoms with Crippen LogP contribution in [0.3, 0.4) is 0 Å². The molecule has 2 aromatic rings. The average Bonchev–Trinajstić information content (AvgIpc) is 2.55. The molecule has 4 nitrogen and oxygen atoms in total. The first kappa shape index (κ1) is 17.3. The maximum atomic E-state index is 12.4. The molecule has 0 aliphatic carbocycles. The van der Waals surface area contributed by atoms with Crippen molar-refractivity contribution in [2.75, 3.05) is 6.61 Å². The van der Waals surface area contributed by atoms with E-state index in [0.29, 0.717) is 0 Å². The third-order valence-corrected chi connectivity index (χ3v) is 4.63. The number of rotatable bonds is 4. The molecule has 0 saturated carbocycles. The Morgan fingerprint density at radius 1 is 1.20 bits per heavy atom. The number of ether oxygens (including phenoxy) is 2. The van der Waals surface area contributed by atoms with Gasteiger partial charge in [0.1, 0.15) is 17.1 Å². The highest BCUT2D eigenvalue weighted by Crippen LogP contribution is 2.39. The quantitative estimate of drug-likeness (QED) is 0.912. The van der Waals surface area contributed by atoms with Gasteiger partial charge in [-0.05, 0) is 51.0 Å². The predicted octanol–water partition coefficient (Wildman–Crippen LogP) is 4.10. The summed E-state index contributed by atoms with van der Waals surface area (Å²) in [6.45, 7) is 8.11. The van der Waals surface area contributed by atoms with E-state index in [1.807, 2.05) is 70.2 Å². The lowest BCUT2D eigenvalue weighted by atomic mass is 9.89. The van der Waals surface area contributed by atoms with Gasteiger partial charge >= 0.3 is 0 Å². The number of hydrogen-bond donors (Lipinski definition) is 1. The molecule has 2 aromatic carbocycles. The van der Waals surface area contributed by atoms with Crippen LogP contribution >= 0.6 is 0 Å². The lowest BCUT2D eigenvalue weighted by Crippen LogP contribution is -2.42. The monoisotopic (exact) mass is 339 g/mol. The standard InChI is InChI=1S/C21H25NO3/c1-14-8-7-11-18(15(14)2)24-13-20(23)22-17-12-21(3,4)25-19-10-6-5-9-16(17)19/h5-11,17H,12-13H2,1-4H3,(H,22,23)/t17-/m1/s1. The van der Waals surface area contributed by atoms with Crippen molar-refractivity contribution in [3.8, 4) is 11.5 Å². The summed E-state index contributed by atoms with van der Waals surface area (Å²) in [6, 6.07) is 13.6. The van der Waals surface area contributed by atoms with Gasteiger partial charge < -0.3 is 14.8 Å². The van der Waals surface area contributed by atoms with E-state index in [1.165, 1.54) is 0 Å². The van der Waals surface area contributed by atoms with Crippen LogP contribution < -0.4 is 14.8 Å². The van der Waals surface area contributed by atoms with Crippen molar-refractivity contribution in [1.82, 2.24) is 5.32 Å². The van der Waals surface area contributed by atoms with Crippen LogP contribution in [-0.4, -0.2) is 18.1 Å². The first-order valence-corrected chi connectivity index (χ1v) is 8.62. The van der Waals surface area contributed by atoms with Gasteiger partial charge in [-0.3, -0.25) is 4.79 Å². The second-order valence-electron chi connectivity index (χ2n) is 7.21. The summed E-state index contributed by atoms with van der Waals surface area (Å²) < 4.78 is 11.7. The molecule has 1 aliphatic rings. The summed E-state index contributed by atoms with van der Waals surface area (Å²) >= 11 is 0. The molecule has 25 heavy (non-hydrogen) atoms. The van der Waals surface area contributed by atoms with Gasteiger partial charge in [-0.15, -0.1) is 0 Å². The summed E-state index contributed by atoms with van der Waals surface area (Å²) in [4.78, 5) is 12.4. The van der Waals surface area contributed by atoms with E-state index >= 15 is 0 Å². The topological polar surface area (TPSA) is 47.6 Å². The molecule has 1 heterocycles. The number of carbonyl (C=O) groups excluding carboxylic acids is 1. The van der Waals surface area contributed by atoms with Gasteiger partial charge in [0.05, 0.1) is 6.04 Å². The van der Waals surface area contributed by atoms with Crippen LogP contribution in [0.5, 0.6) is 11.5 Å². The molecule has 1 N–H and O–H groups in total. The minimum absolute atomic E-state index is 0.00421. The Hall–Kier alpha value is -2.49. The summed E-state index contributed by atoms with van der Waals surface area (Å²) in [5.41, 5.74) is 2.91. The van der Waals surface area contributed by atoms with Gasteiger partial charge in [0, 0.05) is 12.0 Å². The molecule has 4 heteroatoms. The second kappa shape index (κ2) is 6.79. The minimum atomic E-state index is -0.319. The molecule has 0 unspecified atom stereocenters. The number of carbonyl (C=O) groups is 1. The summed E-state index contributed by atoms with van der Waals surface area (Å²) in [5, 5.41) is 3.09. The van der Waals surface area contributed by atoms with Gasteiger partial charge in [-0.2, -0.15) is 0 Å². The Bertz CT molecular complexity index is 782. The molecule has 1 aliphatic heterocycles. The van der Waals surface area contributed by atoms with Crippen molar-refractivity contribution >= 4 is 5.91 Å². The van der Waals surface area contributed by atoms with Crippen molar-refractivity contribution in [2.45, 2.75) is 45.8 Å². The van der Waals surface area contributed by atoms with Crippen LogP contribution in [0, 0.1) is 13.8 Å². The third-order valence-electron chi connectivity index (χ3n) is 4.63. The van der Waals surface area contributed by atoms with E-state index in [1.54, 1.807) is 0 Å². The van der Waals surface area contributed by atoms with E-state index < -0.39 is 0 Å². The van der Waals surface area contributed by atoms with Crippen LogP contribution in [-0.2, 0) is 4.79 Å². The van der Waals surface area contributed by atoms with E-state index in [2.05, 4.69) is 5.32 Å². The molecule has 0 bridgehead atoms. The van der Waals surface area contributed by atoms with Crippen LogP contribution in [0.2, 0.25) is 0 Å². The molecule has 132 valence electrons. The molecule has 1 atom stereocenters. The highest BCUT2D eigenvalue weighted by atomic mass is 16.5. The zero-order valence-electron chi connectivity index (χ0n) is 15.3.